The summed E-state index contributed by atoms with van der Waals surface area (Å²) in [5.41, 5.74) is 1.85. The van der Waals surface area contributed by atoms with E-state index in [0.29, 0.717) is 16.6 Å². The van der Waals surface area contributed by atoms with Crippen molar-refractivity contribution in [3.63, 3.8) is 0 Å². The Morgan fingerprint density at radius 1 is 1.06 bits per heavy atom. The summed E-state index contributed by atoms with van der Waals surface area (Å²) in [4.78, 5) is 29.9. The Bertz CT molecular complexity index is 1160. The number of ether oxygens (including phenoxy) is 1. The average molecular weight is 496 g/mol. The summed E-state index contributed by atoms with van der Waals surface area (Å²) in [5, 5.41) is 8.43. The van der Waals surface area contributed by atoms with Crippen LogP contribution in [0.2, 0.25) is 0 Å². The second-order valence-electron chi connectivity index (χ2n) is 9.09. The second-order valence-corrected chi connectivity index (χ2v) is 10.0. The van der Waals surface area contributed by atoms with Gasteiger partial charge in [0.25, 0.3) is 11.8 Å². The molecule has 2 atom stereocenters. The molecule has 0 saturated heterocycles. The Morgan fingerprint density at radius 2 is 1.74 bits per heavy atom. The van der Waals surface area contributed by atoms with E-state index in [2.05, 4.69) is 29.5 Å². The number of thiazole rings is 1. The van der Waals surface area contributed by atoms with Crippen molar-refractivity contribution < 1.29 is 18.7 Å². The van der Waals surface area contributed by atoms with Crippen LogP contribution in [0, 0.1) is 5.82 Å². The lowest BCUT2D eigenvalue weighted by molar-refractivity contribution is 0.0860. The maximum absolute atomic E-state index is 13.5. The van der Waals surface area contributed by atoms with E-state index >= 15 is 0 Å². The molecule has 2 unspecified atom stereocenters. The third-order valence-electron chi connectivity index (χ3n) is 6.18. The minimum absolute atomic E-state index is 0.213. The Labute approximate surface area is 208 Å². The number of rotatable bonds is 8. The number of hydrogen-bond acceptors (Lipinski definition) is 5. The fraction of sp³-hybridized carbons (Fsp3) is 0.370. The first kappa shape index (κ1) is 24.9. The maximum atomic E-state index is 13.5. The molecule has 0 bridgehead atoms. The number of aromatic nitrogens is 1. The molecule has 6 nitrogen and oxygen atoms in total. The Morgan fingerprint density at radius 3 is 2.40 bits per heavy atom. The fourth-order valence-corrected chi connectivity index (χ4v) is 4.86. The van der Waals surface area contributed by atoms with Gasteiger partial charge in [0.05, 0.1) is 0 Å². The molecular formula is C27H30FN3O3S. The zero-order chi connectivity index (χ0) is 24.8. The van der Waals surface area contributed by atoms with Crippen molar-refractivity contribution in [2.45, 2.75) is 64.1 Å². The SMILES string of the molecule is CC(C)c1ccc(OCc2nc(C(=O)NC3CCCCC3NC(=O)c3cccc(F)c3)cs2)cc1. The third kappa shape index (κ3) is 6.66. The van der Waals surface area contributed by atoms with Crippen LogP contribution in [0.15, 0.2) is 53.9 Å². The van der Waals surface area contributed by atoms with Gasteiger partial charge in [0.1, 0.15) is 28.9 Å². The van der Waals surface area contributed by atoms with Gasteiger partial charge in [-0.2, -0.15) is 0 Å². The zero-order valence-electron chi connectivity index (χ0n) is 19.9. The highest BCUT2D eigenvalue weighted by molar-refractivity contribution is 7.09. The Hall–Kier alpha value is -3.26. The molecule has 35 heavy (non-hydrogen) atoms. The smallest absolute Gasteiger partial charge is 0.271 e. The van der Waals surface area contributed by atoms with Crippen LogP contribution >= 0.6 is 11.3 Å². The molecule has 1 heterocycles. The minimum atomic E-state index is -0.456. The van der Waals surface area contributed by atoms with E-state index in [4.69, 9.17) is 4.74 Å². The average Bonchev–Trinajstić information content (AvgIpc) is 3.33. The summed E-state index contributed by atoms with van der Waals surface area (Å²) in [5.74, 6) is 0.148. The van der Waals surface area contributed by atoms with Gasteiger partial charge < -0.3 is 15.4 Å². The summed E-state index contributed by atoms with van der Waals surface area (Å²) in [6, 6.07) is 13.1. The van der Waals surface area contributed by atoms with E-state index in [1.807, 2.05) is 24.3 Å². The van der Waals surface area contributed by atoms with Gasteiger partial charge in [0.2, 0.25) is 0 Å². The molecule has 1 aliphatic rings. The van der Waals surface area contributed by atoms with Gasteiger partial charge in [0.15, 0.2) is 0 Å². The van der Waals surface area contributed by atoms with Crippen LogP contribution < -0.4 is 15.4 Å². The maximum Gasteiger partial charge on any atom is 0.271 e. The van der Waals surface area contributed by atoms with Crippen molar-refractivity contribution in [2.24, 2.45) is 0 Å². The first-order valence-electron chi connectivity index (χ1n) is 11.9. The van der Waals surface area contributed by atoms with E-state index in [-0.39, 0.29) is 36.1 Å². The number of hydrogen-bond donors (Lipinski definition) is 2. The molecule has 1 fully saturated rings. The molecule has 1 aliphatic carbocycles. The minimum Gasteiger partial charge on any atom is -0.486 e. The lowest BCUT2D eigenvalue weighted by Gasteiger charge is -2.32. The molecule has 2 aromatic carbocycles. The molecule has 4 rings (SSSR count). The van der Waals surface area contributed by atoms with Crippen molar-refractivity contribution in [2.75, 3.05) is 0 Å². The molecule has 1 saturated carbocycles. The van der Waals surface area contributed by atoms with Crippen LogP contribution in [0.3, 0.4) is 0 Å². The number of benzene rings is 2. The predicted octanol–water partition coefficient (Wildman–Crippen LogP) is 5.46. The van der Waals surface area contributed by atoms with Crippen molar-refractivity contribution in [3.8, 4) is 5.75 Å². The van der Waals surface area contributed by atoms with Crippen molar-refractivity contribution in [3.05, 3.63) is 81.6 Å². The second kappa shape index (κ2) is 11.4. The topological polar surface area (TPSA) is 80.3 Å². The van der Waals surface area contributed by atoms with E-state index in [1.165, 1.54) is 35.1 Å². The van der Waals surface area contributed by atoms with Crippen molar-refractivity contribution in [1.29, 1.82) is 0 Å². The summed E-state index contributed by atoms with van der Waals surface area (Å²) >= 11 is 1.38. The lowest BCUT2D eigenvalue weighted by Crippen LogP contribution is -2.53. The summed E-state index contributed by atoms with van der Waals surface area (Å²) in [7, 11) is 0. The summed E-state index contributed by atoms with van der Waals surface area (Å²) in [6.45, 7) is 4.58. The fourth-order valence-electron chi connectivity index (χ4n) is 4.18. The molecule has 8 heteroatoms. The number of nitrogens with one attached hydrogen (secondary N) is 2. The van der Waals surface area contributed by atoms with Gasteiger partial charge in [-0.15, -0.1) is 11.3 Å². The number of carbonyl (C=O) groups is 2. The Balaban J connectivity index is 1.32. The van der Waals surface area contributed by atoms with E-state index in [0.717, 1.165) is 31.4 Å². The van der Waals surface area contributed by atoms with Gasteiger partial charge in [-0.05, 0) is 54.7 Å². The summed E-state index contributed by atoms with van der Waals surface area (Å²) < 4.78 is 19.3. The molecule has 0 radical (unpaired) electrons. The van der Waals surface area contributed by atoms with Crippen LogP contribution in [0.5, 0.6) is 5.75 Å². The number of halogens is 1. The third-order valence-corrected chi connectivity index (χ3v) is 7.00. The normalized spacial score (nSPS) is 17.7. The highest BCUT2D eigenvalue weighted by atomic mass is 32.1. The highest BCUT2D eigenvalue weighted by Crippen LogP contribution is 2.22. The van der Waals surface area contributed by atoms with Gasteiger partial charge in [-0.1, -0.05) is 44.9 Å². The summed E-state index contributed by atoms with van der Waals surface area (Å²) in [6.07, 6.45) is 3.42. The quantitative estimate of drug-likeness (QED) is 0.435. The number of carbonyl (C=O) groups excluding carboxylic acids is 2. The Kier molecular flexibility index (Phi) is 8.13. The standard InChI is InChI=1S/C27H30FN3O3S/c1-17(2)18-10-12-21(13-11-18)34-15-25-29-24(16-35-25)27(33)31-23-9-4-3-8-22(23)30-26(32)19-6-5-7-20(28)14-19/h5-7,10-14,16-17,22-23H,3-4,8-9,15H2,1-2H3,(H,30,32)(H,31,33). The zero-order valence-corrected chi connectivity index (χ0v) is 20.7. The van der Waals surface area contributed by atoms with Crippen LogP contribution in [-0.2, 0) is 6.61 Å². The van der Waals surface area contributed by atoms with Crippen LogP contribution in [0.1, 0.15) is 76.9 Å². The van der Waals surface area contributed by atoms with Gasteiger partial charge in [-0.25, -0.2) is 9.37 Å². The number of nitrogens with zero attached hydrogens (tertiary/aromatic N) is 1. The van der Waals surface area contributed by atoms with Crippen LogP contribution in [-0.4, -0.2) is 28.9 Å². The largest absolute Gasteiger partial charge is 0.486 e. The van der Waals surface area contributed by atoms with Gasteiger partial charge >= 0.3 is 0 Å². The van der Waals surface area contributed by atoms with E-state index in [1.54, 1.807) is 11.4 Å². The van der Waals surface area contributed by atoms with Gasteiger partial charge in [-0.3, -0.25) is 9.59 Å². The molecule has 1 aromatic heterocycles. The molecular weight excluding hydrogens is 465 g/mol. The molecule has 2 N–H and O–H groups in total. The molecule has 0 aliphatic heterocycles. The molecule has 2 amide bonds. The van der Waals surface area contributed by atoms with Crippen molar-refractivity contribution >= 4 is 23.2 Å². The highest BCUT2D eigenvalue weighted by Gasteiger charge is 2.29. The first-order chi connectivity index (χ1) is 16.9. The van der Waals surface area contributed by atoms with Crippen LogP contribution in [0.25, 0.3) is 0 Å². The van der Waals surface area contributed by atoms with E-state index < -0.39 is 5.82 Å². The molecule has 184 valence electrons. The molecule has 0 spiro atoms. The van der Waals surface area contributed by atoms with E-state index in [9.17, 15) is 14.0 Å². The number of amides is 2. The predicted molar refractivity (Wildman–Crippen MR) is 134 cm³/mol. The van der Waals surface area contributed by atoms with Crippen molar-refractivity contribution in [1.82, 2.24) is 15.6 Å². The van der Waals surface area contributed by atoms with Gasteiger partial charge in [0, 0.05) is 23.0 Å². The van der Waals surface area contributed by atoms with Crippen LogP contribution in [0.4, 0.5) is 4.39 Å². The molecule has 3 aromatic rings. The monoisotopic (exact) mass is 495 g/mol. The lowest BCUT2D eigenvalue weighted by atomic mass is 9.90. The first-order valence-corrected chi connectivity index (χ1v) is 12.8.